The lowest BCUT2D eigenvalue weighted by Crippen LogP contribution is -2.67. The average molecular weight is 563 g/mol. The maximum absolute atomic E-state index is 13.6. The number of hydrogen-bond donors (Lipinski definition) is 3. The number of fused-ring (bicyclic) bond motifs is 2. The number of rotatable bonds is 7. The molecule has 3 N–H and O–H groups in total. The Morgan fingerprint density at radius 2 is 1.74 bits per heavy atom. The van der Waals surface area contributed by atoms with Gasteiger partial charge in [-0.3, -0.25) is 9.78 Å². The standard InChI is InChI=1S/C27H25ClF2N2O5S/c28-21-3-1-16(26(34)32-19-2-4-22(29)23(30)14-19)10-24(21)38(36,37)20-12-17-11-18(13-20)27(17,35)25(33)9-15-5-7-31-8-6-15/h1-8,10,14,17-18,20,25,33,35H,9,11-13H2,(H,32,34)/t17?,18?,20-,25?,27-. The van der Waals surface area contributed by atoms with Gasteiger partial charge < -0.3 is 15.5 Å². The summed E-state index contributed by atoms with van der Waals surface area (Å²) in [6, 6.07) is 10.2. The highest BCUT2D eigenvalue weighted by atomic mass is 35.5. The minimum absolute atomic E-state index is 0.00485. The SMILES string of the molecule is O=C(Nc1ccc(F)c(F)c1)c1ccc(Cl)c(S(=O)(=O)[C@H]2CC3CC(C2)[C@]3(O)C(O)Cc2ccncc2)c1. The van der Waals surface area contributed by atoms with Gasteiger partial charge in [-0.25, -0.2) is 17.2 Å². The number of hydrogen-bond acceptors (Lipinski definition) is 6. The first-order valence-electron chi connectivity index (χ1n) is 12.1. The molecular weight excluding hydrogens is 538 g/mol. The number of carbonyl (C=O) groups is 1. The number of amides is 1. The molecule has 1 heterocycles. The van der Waals surface area contributed by atoms with Crippen LogP contribution in [0.1, 0.15) is 35.2 Å². The second-order valence-corrected chi connectivity index (χ2v) is 12.6. The fourth-order valence-electron chi connectivity index (χ4n) is 5.72. The van der Waals surface area contributed by atoms with Gasteiger partial charge >= 0.3 is 0 Å². The Balaban J connectivity index is 1.32. The Morgan fingerprint density at radius 1 is 1.05 bits per heavy atom. The van der Waals surface area contributed by atoms with Gasteiger partial charge in [0.15, 0.2) is 21.5 Å². The van der Waals surface area contributed by atoms with Crippen LogP contribution in [-0.4, -0.2) is 46.5 Å². The predicted molar refractivity (Wildman–Crippen MR) is 136 cm³/mol. The van der Waals surface area contributed by atoms with E-state index in [0.717, 1.165) is 23.8 Å². The summed E-state index contributed by atoms with van der Waals surface area (Å²) in [4.78, 5) is 16.4. The number of aliphatic hydroxyl groups excluding tert-OH is 1. The third kappa shape index (κ3) is 4.70. The van der Waals surface area contributed by atoms with Crippen LogP contribution >= 0.6 is 11.6 Å². The number of carbonyl (C=O) groups excluding carboxylic acids is 1. The molecule has 2 aromatic carbocycles. The van der Waals surface area contributed by atoms with Crippen molar-refractivity contribution >= 4 is 33.0 Å². The maximum atomic E-state index is 13.6. The molecule has 2 bridgehead atoms. The van der Waals surface area contributed by atoms with E-state index in [1.807, 2.05) is 0 Å². The average Bonchev–Trinajstić information content (AvgIpc) is 2.90. The summed E-state index contributed by atoms with van der Waals surface area (Å²) in [6.07, 6.45) is 3.28. The lowest BCUT2D eigenvalue weighted by molar-refractivity contribution is -0.230. The molecule has 3 aliphatic rings. The van der Waals surface area contributed by atoms with Crippen LogP contribution in [0.15, 0.2) is 65.8 Å². The number of pyridine rings is 1. The van der Waals surface area contributed by atoms with Gasteiger partial charge in [-0.15, -0.1) is 0 Å². The number of benzene rings is 2. The number of aliphatic hydroxyl groups is 2. The molecule has 3 aromatic rings. The van der Waals surface area contributed by atoms with E-state index in [-0.39, 0.29) is 40.4 Å². The van der Waals surface area contributed by atoms with Crippen molar-refractivity contribution in [2.75, 3.05) is 5.32 Å². The van der Waals surface area contributed by atoms with Crippen LogP contribution in [0.3, 0.4) is 0 Å². The van der Waals surface area contributed by atoms with Crippen molar-refractivity contribution in [1.29, 1.82) is 0 Å². The van der Waals surface area contributed by atoms with E-state index in [1.165, 1.54) is 18.2 Å². The number of anilines is 1. The number of aromatic nitrogens is 1. The van der Waals surface area contributed by atoms with Gasteiger partial charge in [0.25, 0.3) is 5.91 Å². The van der Waals surface area contributed by atoms with Crippen LogP contribution in [0.5, 0.6) is 0 Å². The van der Waals surface area contributed by atoms with Gasteiger partial charge in [0.1, 0.15) is 0 Å². The molecule has 7 nitrogen and oxygen atoms in total. The predicted octanol–water partition coefficient (Wildman–Crippen LogP) is 4.17. The summed E-state index contributed by atoms with van der Waals surface area (Å²) >= 11 is 6.25. The fraction of sp³-hybridized carbons (Fsp3) is 0.333. The van der Waals surface area contributed by atoms with Crippen LogP contribution in [0, 0.1) is 23.5 Å². The van der Waals surface area contributed by atoms with Crippen LogP contribution < -0.4 is 5.32 Å². The van der Waals surface area contributed by atoms with Gasteiger partial charge in [0.2, 0.25) is 0 Å². The van der Waals surface area contributed by atoms with Crippen molar-refractivity contribution in [2.24, 2.45) is 11.8 Å². The normalized spacial score (nSPS) is 25.3. The fourth-order valence-corrected chi connectivity index (χ4v) is 8.12. The van der Waals surface area contributed by atoms with Crippen LogP contribution in [0.4, 0.5) is 14.5 Å². The highest BCUT2D eigenvalue weighted by Crippen LogP contribution is 2.57. The van der Waals surface area contributed by atoms with Gasteiger partial charge in [-0.2, -0.15) is 0 Å². The summed E-state index contributed by atoms with van der Waals surface area (Å²) in [5.41, 5.74) is -0.584. The molecule has 3 unspecified atom stereocenters. The van der Waals surface area contributed by atoms with E-state index in [0.29, 0.717) is 6.42 Å². The molecule has 0 aliphatic heterocycles. The minimum atomic E-state index is -3.99. The lowest BCUT2D eigenvalue weighted by atomic mass is 9.51. The summed E-state index contributed by atoms with van der Waals surface area (Å²) in [5.74, 6) is -3.73. The zero-order valence-corrected chi connectivity index (χ0v) is 21.6. The van der Waals surface area contributed by atoms with E-state index >= 15 is 0 Å². The molecule has 0 radical (unpaired) electrons. The van der Waals surface area contributed by atoms with Crippen molar-refractivity contribution in [3.05, 3.63) is 88.7 Å². The lowest BCUT2D eigenvalue weighted by Gasteiger charge is -2.60. The van der Waals surface area contributed by atoms with Crippen molar-refractivity contribution in [3.63, 3.8) is 0 Å². The molecule has 3 fully saturated rings. The van der Waals surface area contributed by atoms with Gasteiger partial charge in [-0.1, -0.05) is 11.6 Å². The number of nitrogens with one attached hydrogen (secondary N) is 1. The van der Waals surface area contributed by atoms with E-state index in [1.54, 1.807) is 24.5 Å². The van der Waals surface area contributed by atoms with Crippen molar-refractivity contribution in [1.82, 2.24) is 4.98 Å². The maximum Gasteiger partial charge on any atom is 0.255 e. The quantitative estimate of drug-likeness (QED) is 0.398. The van der Waals surface area contributed by atoms with E-state index < -0.39 is 56.2 Å². The molecule has 1 amide bonds. The molecule has 1 aromatic heterocycles. The Kier molecular flexibility index (Phi) is 7.02. The van der Waals surface area contributed by atoms with Gasteiger partial charge in [-0.05, 0) is 79.1 Å². The highest BCUT2D eigenvalue weighted by molar-refractivity contribution is 7.92. The molecule has 0 spiro atoms. The Labute approximate surface area is 223 Å². The summed E-state index contributed by atoms with van der Waals surface area (Å²) < 4.78 is 53.9. The smallest absolute Gasteiger partial charge is 0.255 e. The number of nitrogens with zero attached hydrogens (tertiary/aromatic N) is 1. The number of halogens is 3. The zero-order valence-electron chi connectivity index (χ0n) is 20.0. The molecule has 6 rings (SSSR count). The summed E-state index contributed by atoms with van der Waals surface area (Å²) in [7, 11) is -3.99. The van der Waals surface area contributed by atoms with Crippen molar-refractivity contribution < 1.29 is 32.2 Å². The monoisotopic (exact) mass is 562 g/mol. The van der Waals surface area contributed by atoms with Gasteiger partial charge in [0.05, 0.1) is 26.9 Å². The van der Waals surface area contributed by atoms with Crippen molar-refractivity contribution in [3.8, 4) is 0 Å². The van der Waals surface area contributed by atoms with E-state index in [9.17, 15) is 32.2 Å². The third-order valence-electron chi connectivity index (χ3n) is 7.80. The van der Waals surface area contributed by atoms with E-state index in [2.05, 4.69) is 10.3 Å². The first-order valence-corrected chi connectivity index (χ1v) is 14.0. The Bertz CT molecular complexity index is 1480. The zero-order chi connectivity index (χ0) is 27.2. The highest BCUT2D eigenvalue weighted by Gasteiger charge is 2.63. The second-order valence-electron chi connectivity index (χ2n) is 9.96. The largest absolute Gasteiger partial charge is 0.390 e. The third-order valence-corrected chi connectivity index (χ3v) is 10.5. The Hall–Kier alpha value is -2.92. The molecule has 200 valence electrons. The Morgan fingerprint density at radius 3 is 2.39 bits per heavy atom. The summed E-state index contributed by atoms with van der Waals surface area (Å²) in [6.45, 7) is 0. The molecule has 3 atom stereocenters. The molecule has 3 aliphatic carbocycles. The molecule has 38 heavy (non-hydrogen) atoms. The van der Waals surface area contributed by atoms with Crippen LogP contribution in [0.25, 0.3) is 0 Å². The van der Waals surface area contributed by atoms with Crippen molar-refractivity contribution in [2.45, 2.75) is 47.5 Å². The summed E-state index contributed by atoms with van der Waals surface area (Å²) in [5, 5.41) is 23.7. The minimum Gasteiger partial charge on any atom is -0.390 e. The molecular formula is C27H25ClF2N2O5S. The van der Waals surface area contributed by atoms with Gasteiger partial charge in [0, 0.05) is 36.1 Å². The van der Waals surface area contributed by atoms with Crippen LogP contribution in [-0.2, 0) is 16.3 Å². The topological polar surface area (TPSA) is 117 Å². The molecule has 11 heteroatoms. The second kappa shape index (κ2) is 10.00. The first-order chi connectivity index (χ1) is 18.0. The first kappa shape index (κ1) is 26.7. The van der Waals surface area contributed by atoms with E-state index in [4.69, 9.17) is 11.6 Å². The number of sulfone groups is 1. The molecule has 0 saturated heterocycles. The van der Waals surface area contributed by atoms with Crippen LogP contribution in [0.2, 0.25) is 5.02 Å². The molecule has 3 saturated carbocycles.